The van der Waals surface area contributed by atoms with Crippen molar-refractivity contribution >= 4 is 11.7 Å². The molecule has 1 amide bonds. The van der Waals surface area contributed by atoms with Gasteiger partial charge in [-0.05, 0) is 35.2 Å². The fourth-order valence-corrected chi connectivity index (χ4v) is 4.03. The lowest BCUT2D eigenvalue weighted by atomic mass is 9.95. The van der Waals surface area contributed by atoms with Gasteiger partial charge < -0.3 is 10.6 Å². The molecule has 1 aliphatic rings. The number of anilines is 1. The molecule has 0 bridgehead atoms. The fourth-order valence-electron chi connectivity index (χ4n) is 4.03. The van der Waals surface area contributed by atoms with E-state index < -0.39 is 30.0 Å². The van der Waals surface area contributed by atoms with Gasteiger partial charge in [-0.3, -0.25) is 4.79 Å². The number of carbonyl (C=O) groups is 1. The average molecular weight is 460 g/mol. The number of carbonyl (C=O) groups excluding carboxylic acids is 1. The average Bonchev–Trinajstić information content (AvgIpc) is 3.19. The van der Waals surface area contributed by atoms with Crippen molar-refractivity contribution < 1.29 is 22.4 Å². The number of nitrogens with one attached hydrogen (secondary N) is 2. The zero-order chi connectivity index (χ0) is 23.6. The Morgan fingerprint density at radius 2 is 1.94 bits per heavy atom. The Labute approximate surface area is 188 Å². The smallest absolute Gasteiger partial charge is 0.363 e. The van der Waals surface area contributed by atoms with Gasteiger partial charge >= 0.3 is 6.18 Å². The molecule has 9 heteroatoms. The zero-order valence-electron chi connectivity index (χ0n) is 18.0. The van der Waals surface area contributed by atoms with Gasteiger partial charge in [0.05, 0.1) is 18.7 Å². The number of aryl methyl sites for hydroxylation is 1. The van der Waals surface area contributed by atoms with Gasteiger partial charge in [-0.15, -0.1) is 0 Å². The zero-order valence-corrected chi connectivity index (χ0v) is 18.0. The highest BCUT2D eigenvalue weighted by molar-refractivity contribution is 5.80. The Bertz CT molecular complexity index is 1120. The number of hydrogen-bond donors (Lipinski definition) is 2. The second-order valence-electron chi connectivity index (χ2n) is 8.13. The van der Waals surface area contributed by atoms with Gasteiger partial charge in [0, 0.05) is 18.5 Å². The Hall–Kier alpha value is -3.36. The van der Waals surface area contributed by atoms with E-state index in [9.17, 15) is 22.4 Å². The minimum Gasteiger partial charge on any atom is -0.363 e. The van der Waals surface area contributed by atoms with Crippen molar-refractivity contribution in [2.45, 2.75) is 51.0 Å². The van der Waals surface area contributed by atoms with Gasteiger partial charge in [-0.2, -0.15) is 18.3 Å². The van der Waals surface area contributed by atoms with Gasteiger partial charge in [-0.1, -0.05) is 43.3 Å². The SMILES string of the molecule is CCc1ccc([C@@H]2C[C@H](C(F)(F)F)n3ncc(CC(=O)NCc4cccc(F)c4)c3N2)cc1. The molecule has 2 atom stereocenters. The van der Waals surface area contributed by atoms with E-state index >= 15 is 0 Å². The molecule has 2 N–H and O–H groups in total. The van der Waals surface area contributed by atoms with Crippen LogP contribution in [0.15, 0.2) is 54.7 Å². The summed E-state index contributed by atoms with van der Waals surface area (Å²) >= 11 is 0. The molecule has 2 aromatic carbocycles. The molecule has 5 nitrogen and oxygen atoms in total. The molecule has 0 fully saturated rings. The molecule has 1 aliphatic heterocycles. The van der Waals surface area contributed by atoms with E-state index in [0.29, 0.717) is 11.1 Å². The maximum absolute atomic E-state index is 13.8. The molecule has 174 valence electrons. The van der Waals surface area contributed by atoms with E-state index in [2.05, 4.69) is 15.7 Å². The number of halogens is 4. The summed E-state index contributed by atoms with van der Waals surface area (Å²) in [5.74, 6) is -0.614. The number of hydrogen-bond acceptors (Lipinski definition) is 3. The normalized spacial score (nSPS) is 17.8. The maximum atomic E-state index is 13.8. The number of nitrogens with zero attached hydrogens (tertiary/aromatic N) is 2. The lowest BCUT2D eigenvalue weighted by Gasteiger charge is -2.34. The van der Waals surface area contributed by atoms with Crippen LogP contribution in [-0.2, 0) is 24.2 Å². The first-order valence-corrected chi connectivity index (χ1v) is 10.7. The van der Waals surface area contributed by atoms with Crippen molar-refractivity contribution in [1.82, 2.24) is 15.1 Å². The van der Waals surface area contributed by atoms with Crippen LogP contribution >= 0.6 is 0 Å². The van der Waals surface area contributed by atoms with Crippen LogP contribution in [0.3, 0.4) is 0 Å². The van der Waals surface area contributed by atoms with Crippen LogP contribution in [0.25, 0.3) is 0 Å². The molecule has 0 radical (unpaired) electrons. The fraction of sp³-hybridized carbons (Fsp3) is 0.333. The van der Waals surface area contributed by atoms with Crippen molar-refractivity contribution in [3.8, 4) is 0 Å². The standard InChI is InChI=1S/C24H24F4N4O/c1-2-15-6-8-17(9-7-15)20-12-21(24(26,27)28)32-23(31-20)18(14-30-32)11-22(33)29-13-16-4-3-5-19(25)10-16/h3-10,14,20-21,31H,2,11-13H2,1H3,(H,29,33)/t20-,21+/m0/s1. The third-order valence-electron chi connectivity index (χ3n) is 5.83. The van der Waals surface area contributed by atoms with Crippen LogP contribution in [0, 0.1) is 5.82 Å². The highest BCUT2D eigenvalue weighted by Gasteiger charge is 2.46. The van der Waals surface area contributed by atoms with Crippen molar-refractivity contribution in [1.29, 1.82) is 0 Å². The third kappa shape index (κ3) is 5.18. The number of benzene rings is 2. The van der Waals surface area contributed by atoms with Gasteiger partial charge in [0.2, 0.25) is 5.91 Å². The highest BCUT2D eigenvalue weighted by atomic mass is 19.4. The molecule has 1 aromatic heterocycles. The number of amides is 1. The van der Waals surface area contributed by atoms with Crippen LogP contribution in [0.5, 0.6) is 0 Å². The first kappa shape index (κ1) is 22.8. The Morgan fingerprint density at radius 1 is 1.18 bits per heavy atom. The van der Waals surface area contributed by atoms with Crippen LogP contribution in [0.4, 0.5) is 23.4 Å². The maximum Gasteiger partial charge on any atom is 0.410 e. The van der Waals surface area contributed by atoms with Gasteiger partial charge in [0.25, 0.3) is 0 Å². The molecule has 2 heterocycles. The molecule has 0 unspecified atom stereocenters. The first-order valence-electron chi connectivity index (χ1n) is 10.7. The van der Waals surface area contributed by atoms with E-state index in [-0.39, 0.29) is 25.2 Å². The molecule has 0 aliphatic carbocycles. The van der Waals surface area contributed by atoms with Gasteiger partial charge in [0.1, 0.15) is 11.6 Å². The quantitative estimate of drug-likeness (QED) is 0.503. The van der Waals surface area contributed by atoms with Crippen molar-refractivity contribution in [3.63, 3.8) is 0 Å². The minimum atomic E-state index is -4.48. The summed E-state index contributed by atoms with van der Waals surface area (Å²) in [4.78, 5) is 12.5. The molecular weight excluding hydrogens is 436 g/mol. The molecule has 33 heavy (non-hydrogen) atoms. The van der Waals surface area contributed by atoms with Crippen LogP contribution < -0.4 is 10.6 Å². The van der Waals surface area contributed by atoms with Crippen molar-refractivity contribution in [3.05, 3.63) is 82.8 Å². The van der Waals surface area contributed by atoms with E-state index in [1.54, 1.807) is 12.1 Å². The molecule has 3 aromatic rings. The largest absolute Gasteiger partial charge is 0.410 e. The summed E-state index contributed by atoms with van der Waals surface area (Å²) in [5.41, 5.74) is 2.81. The Morgan fingerprint density at radius 3 is 2.61 bits per heavy atom. The molecule has 4 rings (SSSR count). The van der Waals surface area contributed by atoms with Crippen molar-refractivity contribution in [2.24, 2.45) is 0 Å². The third-order valence-corrected chi connectivity index (χ3v) is 5.83. The van der Waals surface area contributed by atoms with Gasteiger partial charge in [-0.25, -0.2) is 9.07 Å². The number of aromatic nitrogens is 2. The molecule has 0 spiro atoms. The molecule has 0 saturated heterocycles. The topological polar surface area (TPSA) is 59.0 Å². The molecular formula is C24H24F4N4O. The number of rotatable bonds is 6. The summed E-state index contributed by atoms with van der Waals surface area (Å²) in [5, 5.41) is 9.78. The summed E-state index contributed by atoms with van der Waals surface area (Å²) in [6.45, 7) is 2.13. The van der Waals surface area contributed by atoms with Crippen LogP contribution in [-0.4, -0.2) is 21.9 Å². The van der Waals surface area contributed by atoms with Crippen molar-refractivity contribution in [2.75, 3.05) is 5.32 Å². The highest BCUT2D eigenvalue weighted by Crippen LogP contribution is 2.44. The lowest BCUT2D eigenvalue weighted by molar-refractivity contribution is -0.173. The number of alkyl halides is 3. The second-order valence-corrected chi connectivity index (χ2v) is 8.13. The number of fused-ring (bicyclic) bond motifs is 1. The van der Waals surface area contributed by atoms with E-state index in [1.807, 2.05) is 31.2 Å². The van der Waals surface area contributed by atoms with Crippen LogP contribution in [0.2, 0.25) is 0 Å². The Balaban J connectivity index is 1.53. The van der Waals surface area contributed by atoms with E-state index in [0.717, 1.165) is 22.2 Å². The van der Waals surface area contributed by atoms with Gasteiger partial charge in [0.15, 0.2) is 6.04 Å². The van der Waals surface area contributed by atoms with E-state index in [4.69, 9.17) is 0 Å². The summed E-state index contributed by atoms with van der Waals surface area (Å²) in [7, 11) is 0. The minimum absolute atomic E-state index is 0.116. The molecule has 0 saturated carbocycles. The second kappa shape index (κ2) is 9.25. The predicted octanol–water partition coefficient (Wildman–Crippen LogP) is 5.10. The van der Waals surface area contributed by atoms with Crippen LogP contribution in [0.1, 0.15) is 47.7 Å². The predicted molar refractivity (Wildman–Crippen MR) is 116 cm³/mol. The monoisotopic (exact) mass is 460 g/mol. The lowest BCUT2D eigenvalue weighted by Crippen LogP contribution is -2.36. The summed E-state index contributed by atoms with van der Waals surface area (Å²) in [6, 6.07) is 11.0. The first-order chi connectivity index (χ1) is 15.7. The summed E-state index contributed by atoms with van der Waals surface area (Å²) < 4.78 is 55.8. The van der Waals surface area contributed by atoms with E-state index in [1.165, 1.54) is 18.3 Å². The Kier molecular flexibility index (Phi) is 6.40. The summed E-state index contributed by atoms with van der Waals surface area (Å²) in [6.07, 6.45) is -2.70.